The Labute approximate surface area is 280 Å². The van der Waals surface area contributed by atoms with Crippen LogP contribution in [0.3, 0.4) is 0 Å². The number of methoxy groups -OCH3 is 1. The fourth-order valence-electron chi connectivity index (χ4n) is 3.56. The number of carbonyl (C=O) groups excluding carboxylic acids is 6. The first kappa shape index (κ1) is 41.4. The number of ketones is 2. The summed E-state index contributed by atoms with van der Waals surface area (Å²) in [4.78, 5) is 69.9. The van der Waals surface area contributed by atoms with Crippen LogP contribution < -0.4 is 15.4 Å². The van der Waals surface area contributed by atoms with Crippen LogP contribution >= 0.6 is 0 Å². The van der Waals surface area contributed by atoms with Gasteiger partial charge in [0.15, 0.2) is 11.6 Å². The number of amides is 2. The van der Waals surface area contributed by atoms with Crippen molar-refractivity contribution in [3.8, 4) is 5.75 Å². The Morgan fingerprint density at radius 3 is 1.42 bits per heavy atom. The van der Waals surface area contributed by atoms with E-state index in [0.29, 0.717) is 16.9 Å². The molecule has 4 N–H and O–H groups in total. The predicted molar refractivity (Wildman–Crippen MR) is 173 cm³/mol. The summed E-state index contributed by atoms with van der Waals surface area (Å²) in [6, 6.07) is 13.3. The summed E-state index contributed by atoms with van der Waals surface area (Å²) >= 11 is 0. The lowest BCUT2D eigenvalue weighted by Gasteiger charge is -2.15. The average molecular weight is 675 g/mol. The number of rotatable bonds is 18. The average Bonchev–Trinajstić information content (AvgIpc) is 3.01. The maximum Gasteiger partial charge on any atom is 0.315 e. The van der Waals surface area contributed by atoms with E-state index in [-0.39, 0.29) is 45.3 Å². The second kappa shape index (κ2) is 20.5. The SMILES string of the molecule is COCCOC(=O)CC(=O)NCCNC(=O)CC(=O)OCCOc1ccc(C(=O)C(C)(C)O)cc1.Cc1ccc(C(=O)C(C)(C)O)cc1. The molecule has 0 saturated carbocycles. The van der Waals surface area contributed by atoms with E-state index in [2.05, 4.69) is 10.6 Å². The highest BCUT2D eigenvalue weighted by molar-refractivity contribution is 6.02. The molecule has 0 unspecified atom stereocenters. The summed E-state index contributed by atoms with van der Waals surface area (Å²) in [6.07, 6.45) is -0.956. The molecule has 14 heteroatoms. The fraction of sp³-hybridized carbons (Fsp3) is 0.471. The van der Waals surface area contributed by atoms with Gasteiger partial charge in [-0.25, -0.2) is 0 Å². The lowest BCUT2D eigenvalue weighted by Crippen LogP contribution is -2.36. The van der Waals surface area contributed by atoms with Gasteiger partial charge in [-0.3, -0.25) is 28.8 Å². The second-order valence-electron chi connectivity index (χ2n) is 11.5. The smallest absolute Gasteiger partial charge is 0.315 e. The minimum absolute atomic E-state index is 0.0338. The Bertz CT molecular complexity index is 1360. The maximum absolute atomic E-state index is 12.0. The van der Waals surface area contributed by atoms with Crippen molar-refractivity contribution in [3.63, 3.8) is 0 Å². The number of hydrogen-bond donors (Lipinski definition) is 4. The summed E-state index contributed by atoms with van der Waals surface area (Å²) in [7, 11) is 1.46. The van der Waals surface area contributed by atoms with Gasteiger partial charge in [-0.2, -0.15) is 0 Å². The zero-order chi connectivity index (χ0) is 36.3. The van der Waals surface area contributed by atoms with E-state index in [1.54, 1.807) is 24.3 Å². The predicted octanol–water partition coefficient (Wildman–Crippen LogP) is 1.71. The van der Waals surface area contributed by atoms with Gasteiger partial charge in [-0.15, -0.1) is 0 Å². The molecular formula is C34H46N2O12. The molecule has 48 heavy (non-hydrogen) atoms. The van der Waals surface area contributed by atoms with Gasteiger partial charge in [0, 0.05) is 31.3 Å². The molecule has 0 aliphatic carbocycles. The largest absolute Gasteiger partial charge is 0.490 e. The molecule has 0 radical (unpaired) electrons. The van der Waals surface area contributed by atoms with Crippen LogP contribution in [0.15, 0.2) is 48.5 Å². The topological polar surface area (TPSA) is 204 Å². The molecule has 0 saturated heterocycles. The molecule has 0 aromatic heterocycles. The molecule has 2 amide bonds. The highest BCUT2D eigenvalue weighted by Gasteiger charge is 2.25. The zero-order valence-corrected chi connectivity index (χ0v) is 28.3. The summed E-state index contributed by atoms with van der Waals surface area (Å²) in [5.74, 6) is -2.80. The third-order valence-electron chi connectivity index (χ3n) is 6.09. The lowest BCUT2D eigenvalue weighted by atomic mass is 9.96. The highest BCUT2D eigenvalue weighted by Crippen LogP contribution is 2.17. The van der Waals surface area contributed by atoms with Crippen molar-refractivity contribution in [3.05, 3.63) is 65.2 Å². The van der Waals surface area contributed by atoms with Gasteiger partial charge in [-0.1, -0.05) is 29.8 Å². The minimum Gasteiger partial charge on any atom is -0.490 e. The first-order valence-corrected chi connectivity index (χ1v) is 15.1. The monoisotopic (exact) mass is 674 g/mol. The molecular weight excluding hydrogens is 628 g/mol. The van der Waals surface area contributed by atoms with E-state index < -0.39 is 53.6 Å². The number of Topliss-reactive ketones (excluding diaryl/α,β-unsaturated/α-hetero) is 2. The molecule has 0 atom stereocenters. The molecule has 0 spiro atoms. The first-order chi connectivity index (χ1) is 22.4. The van der Waals surface area contributed by atoms with Gasteiger partial charge in [0.05, 0.1) is 6.61 Å². The molecule has 2 aromatic rings. The highest BCUT2D eigenvalue weighted by atomic mass is 16.6. The number of aliphatic hydroxyl groups is 2. The van der Waals surface area contributed by atoms with Crippen molar-refractivity contribution in [1.29, 1.82) is 0 Å². The number of nitrogens with one attached hydrogen (secondary N) is 2. The Morgan fingerprint density at radius 1 is 0.625 bits per heavy atom. The number of ether oxygens (including phenoxy) is 4. The minimum atomic E-state index is -1.48. The van der Waals surface area contributed by atoms with Crippen molar-refractivity contribution < 1.29 is 57.9 Å². The summed E-state index contributed by atoms with van der Waals surface area (Å²) < 4.78 is 19.8. The Balaban J connectivity index is 0.000000735. The number of carbonyl (C=O) groups is 6. The quantitative estimate of drug-likeness (QED) is 0.0773. The van der Waals surface area contributed by atoms with Gasteiger partial charge in [0.1, 0.15) is 49.6 Å². The van der Waals surface area contributed by atoms with E-state index in [0.717, 1.165) is 5.56 Å². The lowest BCUT2D eigenvalue weighted by molar-refractivity contribution is -0.149. The van der Waals surface area contributed by atoms with Crippen LogP contribution in [0.4, 0.5) is 0 Å². The third-order valence-corrected chi connectivity index (χ3v) is 6.09. The zero-order valence-electron chi connectivity index (χ0n) is 28.3. The van der Waals surface area contributed by atoms with E-state index in [9.17, 15) is 39.0 Å². The van der Waals surface area contributed by atoms with Crippen molar-refractivity contribution in [2.24, 2.45) is 0 Å². The van der Waals surface area contributed by atoms with Crippen LogP contribution in [0.25, 0.3) is 0 Å². The molecule has 14 nitrogen and oxygen atoms in total. The fourth-order valence-corrected chi connectivity index (χ4v) is 3.56. The molecule has 0 heterocycles. The van der Waals surface area contributed by atoms with Crippen molar-refractivity contribution in [1.82, 2.24) is 10.6 Å². The van der Waals surface area contributed by atoms with Gasteiger partial charge in [-0.05, 0) is 58.9 Å². The molecule has 2 rings (SSSR count). The van der Waals surface area contributed by atoms with Crippen LogP contribution in [-0.4, -0.2) is 103 Å². The number of aryl methyl sites for hydroxylation is 1. The summed E-state index contributed by atoms with van der Waals surface area (Å²) in [5, 5.41) is 24.1. The van der Waals surface area contributed by atoms with Gasteiger partial charge in [0.25, 0.3) is 0 Å². The van der Waals surface area contributed by atoms with Crippen LogP contribution in [0.5, 0.6) is 5.75 Å². The standard InChI is InChI=1S/C23H32N2O10.C11H14O2/c1-23(2,31)22(30)16-4-6-17(7-5-16)33-12-13-35-21(29)15-19(27)25-9-8-24-18(26)14-20(28)34-11-10-32-3;1-8-4-6-9(7-5-8)10(12)11(2,3)13/h4-7,31H,8-15H2,1-3H3,(H,24,26)(H,25,27);4-7,13H,1-3H3. The second-order valence-corrected chi connectivity index (χ2v) is 11.5. The number of hydrogen-bond acceptors (Lipinski definition) is 12. The molecule has 0 fully saturated rings. The van der Waals surface area contributed by atoms with Crippen molar-refractivity contribution >= 4 is 35.3 Å². The van der Waals surface area contributed by atoms with Gasteiger partial charge >= 0.3 is 11.9 Å². The van der Waals surface area contributed by atoms with E-state index in [1.165, 1.54) is 46.9 Å². The molecule has 0 bridgehead atoms. The summed E-state index contributed by atoms with van der Waals surface area (Å²) in [5.41, 5.74) is -0.765. The van der Waals surface area contributed by atoms with Crippen LogP contribution in [0, 0.1) is 6.92 Å². The number of esters is 2. The van der Waals surface area contributed by atoms with Gasteiger partial charge in [0.2, 0.25) is 11.8 Å². The molecule has 0 aliphatic heterocycles. The molecule has 2 aromatic carbocycles. The van der Waals surface area contributed by atoms with E-state index in [1.807, 2.05) is 19.1 Å². The van der Waals surface area contributed by atoms with E-state index >= 15 is 0 Å². The third kappa shape index (κ3) is 17.3. The Kier molecular flexibility index (Phi) is 17.7. The van der Waals surface area contributed by atoms with Crippen LogP contribution in [0.1, 0.15) is 66.8 Å². The van der Waals surface area contributed by atoms with Crippen molar-refractivity contribution in [2.75, 3.05) is 46.6 Å². The van der Waals surface area contributed by atoms with E-state index in [4.69, 9.17) is 18.9 Å². The first-order valence-electron chi connectivity index (χ1n) is 15.1. The molecule has 0 aliphatic rings. The van der Waals surface area contributed by atoms with Crippen LogP contribution in [-0.2, 0) is 33.4 Å². The number of benzene rings is 2. The Morgan fingerprint density at radius 2 is 1.02 bits per heavy atom. The van der Waals surface area contributed by atoms with Gasteiger partial charge < -0.3 is 39.8 Å². The Hall–Kier alpha value is -4.66. The maximum atomic E-state index is 12.0. The summed E-state index contributed by atoms with van der Waals surface area (Å²) in [6.45, 7) is 8.11. The van der Waals surface area contributed by atoms with Crippen molar-refractivity contribution in [2.45, 2.75) is 58.7 Å². The van der Waals surface area contributed by atoms with Crippen LogP contribution in [0.2, 0.25) is 0 Å². The molecule has 264 valence electrons. The normalized spacial score (nSPS) is 10.9.